The molecule has 1 saturated heterocycles. The number of amides is 1. The van der Waals surface area contributed by atoms with Crippen molar-refractivity contribution in [1.29, 1.82) is 0 Å². The lowest BCUT2D eigenvalue weighted by Crippen LogP contribution is -2.21. The molecule has 2 N–H and O–H groups in total. The Labute approximate surface area is 106 Å². The third-order valence-corrected chi connectivity index (χ3v) is 2.58. The molecule has 0 aliphatic carbocycles. The molecule has 0 bridgehead atoms. The van der Waals surface area contributed by atoms with Crippen LogP contribution in [0.1, 0.15) is 19.5 Å². The van der Waals surface area contributed by atoms with E-state index in [2.05, 4.69) is 34.8 Å². The van der Waals surface area contributed by atoms with Crippen molar-refractivity contribution < 1.29 is 9.53 Å². The van der Waals surface area contributed by atoms with Crippen LogP contribution in [0.5, 0.6) is 0 Å². The van der Waals surface area contributed by atoms with Crippen molar-refractivity contribution in [3.8, 4) is 0 Å². The van der Waals surface area contributed by atoms with Gasteiger partial charge >= 0.3 is 6.09 Å². The third-order valence-electron chi connectivity index (χ3n) is 2.58. The van der Waals surface area contributed by atoms with E-state index in [4.69, 9.17) is 4.74 Å². The number of rotatable bonds is 6. The molecule has 0 saturated carbocycles. The number of ether oxygens (including phenoxy) is 1. The van der Waals surface area contributed by atoms with Gasteiger partial charge in [-0.3, -0.25) is 0 Å². The molecule has 1 aliphatic rings. The summed E-state index contributed by atoms with van der Waals surface area (Å²) in [7, 11) is 0. The summed E-state index contributed by atoms with van der Waals surface area (Å²) < 4.78 is 6.74. The van der Waals surface area contributed by atoms with Crippen molar-refractivity contribution in [2.24, 2.45) is 5.92 Å². The molecule has 0 aromatic carbocycles. The van der Waals surface area contributed by atoms with Gasteiger partial charge in [0.1, 0.15) is 6.10 Å². The Bertz CT molecular complexity index is 404. The first-order chi connectivity index (χ1) is 8.63. The van der Waals surface area contributed by atoms with Crippen molar-refractivity contribution >= 4 is 6.09 Å². The van der Waals surface area contributed by atoms with E-state index in [1.54, 1.807) is 4.68 Å². The van der Waals surface area contributed by atoms with Crippen LogP contribution in [0.2, 0.25) is 0 Å². The topological polar surface area (TPSA) is 81.1 Å². The molecule has 1 fully saturated rings. The Morgan fingerprint density at radius 3 is 3.17 bits per heavy atom. The second-order valence-electron chi connectivity index (χ2n) is 4.86. The van der Waals surface area contributed by atoms with Crippen molar-refractivity contribution in [1.82, 2.24) is 25.6 Å². The summed E-state index contributed by atoms with van der Waals surface area (Å²) in [5.41, 5.74) is 0.896. The number of carbonyl (C=O) groups excluding carboxylic acids is 1. The predicted octanol–water partition coefficient (Wildman–Crippen LogP) is 0.132. The Morgan fingerprint density at radius 2 is 2.50 bits per heavy atom. The van der Waals surface area contributed by atoms with Crippen LogP contribution in [0, 0.1) is 5.92 Å². The molecule has 0 spiro atoms. The zero-order valence-electron chi connectivity index (χ0n) is 10.7. The summed E-state index contributed by atoms with van der Waals surface area (Å²) in [5, 5.41) is 14.0. The van der Waals surface area contributed by atoms with E-state index in [0.717, 1.165) is 12.2 Å². The molecule has 1 unspecified atom stereocenters. The molecule has 7 heteroatoms. The molecule has 0 radical (unpaired) electrons. The molecule has 2 heterocycles. The van der Waals surface area contributed by atoms with Crippen LogP contribution in [-0.2, 0) is 17.8 Å². The van der Waals surface area contributed by atoms with E-state index in [1.165, 1.54) is 0 Å². The van der Waals surface area contributed by atoms with Crippen molar-refractivity contribution in [3.05, 3.63) is 11.9 Å². The molecule has 1 atom stereocenters. The zero-order chi connectivity index (χ0) is 13.0. The molecule has 2 rings (SSSR count). The highest BCUT2D eigenvalue weighted by Gasteiger charge is 2.23. The quantitative estimate of drug-likeness (QED) is 0.753. The highest BCUT2D eigenvalue weighted by atomic mass is 16.6. The van der Waals surface area contributed by atoms with Crippen molar-refractivity contribution in [2.75, 3.05) is 13.1 Å². The first-order valence-corrected chi connectivity index (χ1v) is 6.17. The molecule has 1 aromatic heterocycles. The number of carbonyl (C=O) groups is 1. The van der Waals surface area contributed by atoms with Crippen molar-refractivity contribution in [2.45, 2.75) is 33.0 Å². The zero-order valence-corrected chi connectivity index (χ0v) is 10.7. The number of nitrogens with zero attached hydrogens (tertiary/aromatic N) is 3. The van der Waals surface area contributed by atoms with Crippen LogP contribution in [0.15, 0.2) is 6.20 Å². The van der Waals surface area contributed by atoms with Gasteiger partial charge < -0.3 is 15.4 Å². The molecule has 1 aromatic rings. The van der Waals surface area contributed by atoms with Gasteiger partial charge in [-0.1, -0.05) is 19.1 Å². The van der Waals surface area contributed by atoms with Gasteiger partial charge in [0.15, 0.2) is 0 Å². The van der Waals surface area contributed by atoms with E-state index in [9.17, 15) is 4.79 Å². The summed E-state index contributed by atoms with van der Waals surface area (Å²) in [6.45, 7) is 7.05. The number of aromatic nitrogens is 3. The number of nitrogens with one attached hydrogen (secondary N) is 2. The summed E-state index contributed by atoms with van der Waals surface area (Å²) in [4.78, 5) is 10.9. The van der Waals surface area contributed by atoms with Crippen LogP contribution in [0.4, 0.5) is 4.79 Å². The van der Waals surface area contributed by atoms with Gasteiger partial charge in [-0.2, -0.15) is 0 Å². The highest BCUT2D eigenvalue weighted by molar-refractivity contribution is 5.69. The molecule has 1 aliphatic heterocycles. The minimum absolute atomic E-state index is 0.157. The van der Waals surface area contributed by atoms with Crippen molar-refractivity contribution in [3.63, 3.8) is 0 Å². The van der Waals surface area contributed by atoms with Gasteiger partial charge in [0.2, 0.25) is 0 Å². The molecule has 18 heavy (non-hydrogen) atoms. The van der Waals surface area contributed by atoms with Gasteiger partial charge in [-0.05, 0) is 12.5 Å². The number of cyclic esters (lactones) is 1. The molecule has 100 valence electrons. The SMILES string of the molecule is CC(C)CNCc1cn(CC2CNC(=O)O2)nn1. The lowest BCUT2D eigenvalue weighted by Gasteiger charge is -2.06. The highest BCUT2D eigenvalue weighted by Crippen LogP contribution is 2.03. The Hall–Kier alpha value is -1.63. The summed E-state index contributed by atoms with van der Waals surface area (Å²) in [6.07, 6.45) is 1.36. The smallest absolute Gasteiger partial charge is 0.407 e. The molecule has 1 amide bonds. The van der Waals surface area contributed by atoms with Crippen LogP contribution in [-0.4, -0.2) is 40.3 Å². The fourth-order valence-corrected chi connectivity index (χ4v) is 1.74. The lowest BCUT2D eigenvalue weighted by molar-refractivity contribution is 0.128. The molecular formula is C11H19N5O2. The first-order valence-electron chi connectivity index (χ1n) is 6.17. The van der Waals surface area contributed by atoms with Gasteiger partial charge in [-0.15, -0.1) is 5.10 Å². The second kappa shape index (κ2) is 5.81. The predicted molar refractivity (Wildman–Crippen MR) is 64.8 cm³/mol. The second-order valence-corrected chi connectivity index (χ2v) is 4.86. The van der Waals surface area contributed by atoms with Crippen LogP contribution >= 0.6 is 0 Å². The summed E-state index contributed by atoms with van der Waals surface area (Å²) in [5.74, 6) is 0.615. The number of hydrogen-bond donors (Lipinski definition) is 2. The maximum absolute atomic E-state index is 10.9. The van der Waals surface area contributed by atoms with Crippen LogP contribution < -0.4 is 10.6 Å². The summed E-state index contributed by atoms with van der Waals surface area (Å²) >= 11 is 0. The number of hydrogen-bond acceptors (Lipinski definition) is 5. The average Bonchev–Trinajstić information content (AvgIpc) is 2.89. The molecule has 7 nitrogen and oxygen atoms in total. The minimum Gasteiger partial charge on any atom is -0.442 e. The maximum atomic E-state index is 10.9. The largest absolute Gasteiger partial charge is 0.442 e. The maximum Gasteiger partial charge on any atom is 0.407 e. The fraction of sp³-hybridized carbons (Fsp3) is 0.727. The molecular weight excluding hydrogens is 234 g/mol. The van der Waals surface area contributed by atoms with E-state index in [1.807, 2.05) is 6.20 Å². The summed E-state index contributed by atoms with van der Waals surface area (Å²) in [6, 6.07) is 0. The van der Waals surface area contributed by atoms with Gasteiger partial charge in [-0.25, -0.2) is 9.48 Å². The Balaban J connectivity index is 1.77. The number of alkyl carbamates (subject to hydrolysis) is 1. The Kier molecular flexibility index (Phi) is 4.14. The van der Waals surface area contributed by atoms with Gasteiger partial charge in [0, 0.05) is 12.7 Å². The van der Waals surface area contributed by atoms with Gasteiger partial charge in [0.25, 0.3) is 0 Å². The standard InChI is InChI=1S/C11H19N5O2/c1-8(2)3-12-4-9-6-16(15-14-9)7-10-5-13-11(17)18-10/h6,8,10,12H,3-5,7H2,1-2H3,(H,13,17). The Morgan fingerprint density at radius 1 is 1.67 bits per heavy atom. The average molecular weight is 253 g/mol. The van der Waals surface area contributed by atoms with E-state index < -0.39 is 0 Å². The normalized spacial score (nSPS) is 19.1. The lowest BCUT2D eigenvalue weighted by atomic mass is 10.2. The fourth-order valence-electron chi connectivity index (χ4n) is 1.74. The van der Waals surface area contributed by atoms with Crippen LogP contribution in [0.25, 0.3) is 0 Å². The minimum atomic E-state index is -0.362. The third kappa shape index (κ3) is 3.69. The van der Waals surface area contributed by atoms with E-state index >= 15 is 0 Å². The van der Waals surface area contributed by atoms with Gasteiger partial charge in [0.05, 0.1) is 18.8 Å². The van der Waals surface area contributed by atoms with Crippen LogP contribution in [0.3, 0.4) is 0 Å². The monoisotopic (exact) mass is 253 g/mol. The van der Waals surface area contributed by atoms with E-state index in [-0.39, 0.29) is 12.2 Å². The first kappa shape index (κ1) is 12.8. The van der Waals surface area contributed by atoms with E-state index in [0.29, 0.717) is 25.6 Å².